The van der Waals surface area contributed by atoms with Crippen molar-refractivity contribution in [3.8, 4) is 0 Å². The number of alkyl halides is 6. The Balaban J connectivity index is 1.88. The van der Waals surface area contributed by atoms with E-state index in [1.165, 1.54) is 0 Å². The molecule has 0 bridgehead atoms. The Kier molecular flexibility index (Phi) is 5.77. The van der Waals surface area contributed by atoms with E-state index in [4.69, 9.17) is 0 Å². The number of rotatable bonds is 4. The van der Waals surface area contributed by atoms with Crippen LogP contribution in [0.4, 0.5) is 32.0 Å². The normalized spacial score (nSPS) is 11.8. The van der Waals surface area contributed by atoms with Crippen molar-refractivity contribution in [2.24, 2.45) is 0 Å². The molecule has 0 aliphatic carbocycles. The molecular weight excluding hydrogens is 380 g/mol. The summed E-state index contributed by atoms with van der Waals surface area (Å²) < 4.78 is 79.3. The zero-order chi connectivity index (χ0) is 20.2. The van der Waals surface area contributed by atoms with Crippen molar-refractivity contribution in [2.75, 3.05) is 11.9 Å². The lowest BCUT2D eigenvalue weighted by Crippen LogP contribution is -2.21. The van der Waals surface area contributed by atoms with Crippen molar-refractivity contribution in [1.29, 1.82) is 0 Å². The first-order chi connectivity index (χ1) is 12.5. The van der Waals surface area contributed by atoms with Crippen molar-refractivity contribution in [2.45, 2.75) is 12.4 Å². The van der Waals surface area contributed by atoms with Crippen molar-refractivity contribution in [3.63, 3.8) is 0 Å². The minimum absolute atomic E-state index is 0.0542. The van der Waals surface area contributed by atoms with Crippen LogP contribution in [-0.2, 0) is 21.9 Å². The molecule has 2 aromatic rings. The molecule has 1 amide bonds. The van der Waals surface area contributed by atoms with Crippen LogP contribution < -0.4 is 5.32 Å². The maximum absolute atomic E-state index is 12.4. The van der Waals surface area contributed by atoms with Crippen LogP contribution in [0.25, 0.3) is 0 Å². The van der Waals surface area contributed by atoms with Crippen molar-refractivity contribution >= 4 is 17.6 Å². The highest BCUT2D eigenvalue weighted by Crippen LogP contribution is 2.30. The quantitative estimate of drug-likeness (QED) is 0.616. The summed E-state index contributed by atoms with van der Waals surface area (Å²) in [6, 6.07) is 6.78. The molecule has 1 N–H and O–H groups in total. The molecule has 0 spiro atoms. The number of carbonyl (C=O) groups is 2. The van der Waals surface area contributed by atoms with Gasteiger partial charge in [0.15, 0.2) is 6.61 Å². The Morgan fingerprint density at radius 2 is 1.22 bits per heavy atom. The summed E-state index contributed by atoms with van der Waals surface area (Å²) in [5.74, 6) is -1.85. The van der Waals surface area contributed by atoms with Crippen LogP contribution in [0.2, 0.25) is 0 Å². The summed E-state index contributed by atoms with van der Waals surface area (Å²) in [7, 11) is 0. The fraction of sp³-hybridized carbons (Fsp3) is 0.176. The fourth-order valence-corrected chi connectivity index (χ4v) is 1.95. The number of anilines is 1. The average molecular weight is 391 g/mol. The van der Waals surface area contributed by atoms with Gasteiger partial charge in [0.25, 0.3) is 5.91 Å². The number of halogens is 6. The van der Waals surface area contributed by atoms with Gasteiger partial charge in [-0.05, 0) is 48.5 Å². The SMILES string of the molecule is O=C(COC(=O)c1ccc(C(F)(F)F)cc1)Nc1ccc(C(F)(F)F)cc1. The number of esters is 1. The molecule has 0 saturated heterocycles. The molecule has 0 unspecified atom stereocenters. The summed E-state index contributed by atoms with van der Waals surface area (Å²) in [6.45, 7) is -0.763. The summed E-state index contributed by atoms with van der Waals surface area (Å²) in [5.41, 5.74) is -1.97. The van der Waals surface area contributed by atoms with E-state index in [2.05, 4.69) is 10.1 Å². The number of nitrogens with one attached hydrogen (secondary N) is 1. The minimum atomic E-state index is -4.55. The predicted octanol–water partition coefficient (Wildman–Crippen LogP) is 4.52. The number of ether oxygens (including phenoxy) is 1. The molecule has 10 heteroatoms. The molecule has 0 aliphatic heterocycles. The van der Waals surface area contributed by atoms with Gasteiger partial charge in [0.05, 0.1) is 16.7 Å². The molecule has 4 nitrogen and oxygen atoms in total. The lowest BCUT2D eigenvalue weighted by molar-refractivity contribution is -0.138. The molecular formula is C17H11F6NO3. The maximum atomic E-state index is 12.4. The highest BCUT2D eigenvalue weighted by molar-refractivity contribution is 5.95. The molecule has 2 aromatic carbocycles. The summed E-state index contributed by atoms with van der Waals surface area (Å²) in [4.78, 5) is 23.4. The zero-order valence-electron chi connectivity index (χ0n) is 13.3. The third-order valence-electron chi connectivity index (χ3n) is 3.28. The Bertz CT molecular complexity index is 811. The molecule has 0 radical (unpaired) electrons. The van der Waals surface area contributed by atoms with E-state index in [1.807, 2.05) is 0 Å². The number of carbonyl (C=O) groups excluding carboxylic acids is 2. The zero-order valence-corrected chi connectivity index (χ0v) is 13.3. The third-order valence-corrected chi connectivity index (χ3v) is 3.28. The van der Waals surface area contributed by atoms with E-state index >= 15 is 0 Å². The fourth-order valence-electron chi connectivity index (χ4n) is 1.95. The van der Waals surface area contributed by atoms with Gasteiger partial charge in [-0.15, -0.1) is 0 Å². The second-order valence-corrected chi connectivity index (χ2v) is 5.27. The lowest BCUT2D eigenvalue weighted by Gasteiger charge is -2.10. The topological polar surface area (TPSA) is 55.4 Å². The monoisotopic (exact) mass is 391 g/mol. The Labute approximate surface area is 148 Å². The van der Waals surface area contributed by atoms with Gasteiger partial charge in [-0.1, -0.05) is 0 Å². The standard InChI is InChI=1S/C17H11F6NO3/c18-16(19,20)11-3-1-10(2-4-11)15(26)27-9-14(25)24-13-7-5-12(6-8-13)17(21,22)23/h1-8H,9H2,(H,24,25). The summed E-state index contributed by atoms with van der Waals surface area (Å²) in [5, 5.41) is 2.22. The Hall–Kier alpha value is -3.04. The lowest BCUT2D eigenvalue weighted by atomic mass is 10.1. The first kappa shape index (κ1) is 20.3. The highest BCUT2D eigenvalue weighted by atomic mass is 19.4. The van der Waals surface area contributed by atoms with Crippen molar-refractivity contribution in [3.05, 3.63) is 65.2 Å². The van der Waals surface area contributed by atoms with Gasteiger partial charge in [0.1, 0.15) is 0 Å². The van der Waals surface area contributed by atoms with Gasteiger partial charge in [-0.25, -0.2) is 4.79 Å². The van der Waals surface area contributed by atoms with Crippen LogP contribution in [0.15, 0.2) is 48.5 Å². The summed E-state index contributed by atoms with van der Waals surface area (Å²) >= 11 is 0. The Morgan fingerprint density at radius 3 is 1.67 bits per heavy atom. The largest absolute Gasteiger partial charge is 0.452 e. The second kappa shape index (κ2) is 7.68. The first-order valence-corrected chi connectivity index (χ1v) is 7.28. The predicted molar refractivity (Wildman–Crippen MR) is 81.8 cm³/mol. The highest BCUT2D eigenvalue weighted by Gasteiger charge is 2.31. The minimum Gasteiger partial charge on any atom is -0.452 e. The van der Waals surface area contributed by atoms with Crippen molar-refractivity contribution in [1.82, 2.24) is 0 Å². The van der Waals surface area contributed by atoms with E-state index in [1.54, 1.807) is 0 Å². The van der Waals surface area contributed by atoms with Crippen LogP contribution in [0, 0.1) is 0 Å². The first-order valence-electron chi connectivity index (χ1n) is 7.28. The molecule has 0 aliphatic rings. The third kappa shape index (κ3) is 5.73. The van der Waals surface area contributed by atoms with Crippen LogP contribution in [0.1, 0.15) is 21.5 Å². The van der Waals surface area contributed by atoms with Gasteiger partial charge in [-0.3, -0.25) is 4.79 Å². The van der Waals surface area contributed by atoms with Gasteiger partial charge in [-0.2, -0.15) is 26.3 Å². The second-order valence-electron chi connectivity index (χ2n) is 5.27. The molecule has 0 heterocycles. The van der Waals surface area contributed by atoms with Crippen LogP contribution >= 0.6 is 0 Å². The van der Waals surface area contributed by atoms with Gasteiger partial charge in [0, 0.05) is 5.69 Å². The van der Waals surface area contributed by atoms with E-state index in [-0.39, 0.29) is 11.3 Å². The Morgan fingerprint density at radius 1 is 0.778 bits per heavy atom. The van der Waals surface area contributed by atoms with Crippen LogP contribution in [0.3, 0.4) is 0 Å². The molecule has 2 rings (SSSR count). The number of benzene rings is 2. The smallest absolute Gasteiger partial charge is 0.416 e. The summed E-state index contributed by atoms with van der Waals surface area (Å²) in [6.07, 6.45) is -9.07. The molecule has 144 valence electrons. The number of hydrogen-bond acceptors (Lipinski definition) is 3. The van der Waals surface area contributed by atoms with E-state index in [0.29, 0.717) is 12.1 Å². The van der Waals surface area contributed by atoms with Crippen molar-refractivity contribution < 1.29 is 40.7 Å². The molecule has 0 fully saturated rings. The maximum Gasteiger partial charge on any atom is 0.416 e. The molecule has 0 aromatic heterocycles. The van der Waals surface area contributed by atoms with E-state index < -0.39 is 42.0 Å². The van der Waals surface area contributed by atoms with Gasteiger partial charge in [0.2, 0.25) is 0 Å². The van der Waals surface area contributed by atoms with Gasteiger partial charge < -0.3 is 10.1 Å². The van der Waals surface area contributed by atoms with E-state index in [0.717, 1.165) is 36.4 Å². The molecule has 0 saturated carbocycles. The number of hydrogen-bond donors (Lipinski definition) is 1. The van der Waals surface area contributed by atoms with Crippen LogP contribution in [0.5, 0.6) is 0 Å². The van der Waals surface area contributed by atoms with E-state index in [9.17, 15) is 35.9 Å². The van der Waals surface area contributed by atoms with Gasteiger partial charge >= 0.3 is 18.3 Å². The number of amides is 1. The average Bonchev–Trinajstić information content (AvgIpc) is 2.58. The molecule has 27 heavy (non-hydrogen) atoms. The van der Waals surface area contributed by atoms with Crippen LogP contribution in [-0.4, -0.2) is 18.5 Å². The molecule has 0 atom stereocenters.